The van der Waals surface area contributed by atoms with Gasteiger partial charge in [-0.05, 0) is 24.3 Å². The lowest BCUT2D eigenvalue weighted by molar-refractivity contribution is 1.19. The summed E-state index contributed by atoms with van der Waals surface area (Å²) >= 11 is 0. The summed E-state index contributed by atoms with van der Waals surface area (Å²) < 4.78 is 0. The van der Waals surface area contributed by atoms with Crippen LogP contribution in [-0.2, 0) is 0 Å². The number of H-pyrrole nitrogens is 1. The lowest BCUT2D eigenvalue weighted by Crippen LogP contribution is -1.98. The summed E-state index contributed by atoms with van der Waals surface area (Å²) in [4.78, 5) is 20.1. The minimum absolute atomic E-state index is 0.236. The molecule has 0 aromatic carbocycles. The summed E-state index contributed by atoms with van der Waals surface area (Å²) in [5, 5.41) is 1.05. The Hall–Kier alpha value is -3.28. The highest BCUT2D eigenvalue weighted by molar-refractivity contribution is 5.94. The number of hydrogen-bond donors (Lipinski definition) is 2. The minimum Gasteiger partial charge on any atom is -0.368 e. The summed E-state index contributed by atoms with van der Waals surface area (Å²) in [6, 6.07) is 7.67. The summed E-state index contributed by atoms with van der Waals surface area (Å²) in [5.41, 5.74) is 10.2. The van der Waals surface area contributed by atoms with Crippen molar-refractivity contribution in [1.82, 2.24) is 24.9 Å². The standard InChI is InChI=1S/C16H12N6/c17-16-21-13(10-2-1-4-18-7-10)6-14(22-16)12-8-20-15-9-19-5-3-11(12)15/h1-9,20H,(H2,17,21,22). The second kappa shape index (κ2) is 4.92. The van der Waals surface area contributed by atoms with Crippen molar-refractivity contribution >= 4 is 16.9 Å². The highest BCUT2D eigenvalue weighted by Crippen LogP contribution is 2.29. The lowest BCUT2D eigenvalue weighted by Gasteiger charge is -2.05. The van der Waals surface area contributed by atoms with Crippen molar-refractivity contribution in [2.45, 2.75) is 0 Å². The molecule has 0 radical (unpaired) electrons. The molecule has 0 aliphatic carbocycles. The highest BCUT2D eigenvalue weighted by atomic mass is 15.0. The predicted molar refractivity (Wildman–Crippen MR) is 84.8 cm³/mol. The highest BCUT2D eigenvalue weighted by Gasteiger charge is 2.11. The van der Waals surface area contributed by atoms with E-state index < -0.39 is 0 Å². The Kier molecular flexibility index (Phi) is 2.79. The van der Waals surface area contributed by atoms with Crippen LogP contribution in [-0.4, -0.2) is 24.9 Å². The van der Waals surface area contributed by atoms with Crippen molar-refractivity contribution in [2.24, 2.45) is 0 Å². The Labute approximate surface area is 126 Å². The normalized spacial score (nSPS) is 10.9. The van der Waals surface area contributed by atoms with E-state index in [9.17, 15) is 0 Å². The molecule has 4 aromatic rings. The molecule has 0 spiro atoms. The summed E-state index contributed by atoms with van der Waals surface area (Å²) in [5.74, 6) is 0.236. The van der Waals surface area contributed by atoms with Crippen LogP contribution in [0.3, 0.4) is 0 Å². The number of anilines is 1. The van der Waals surface area contributed by atoms with Gasteiger partial charge in [-0.15, -0.1) is 0 Å². The van der Waals surface area contributed by atoms with Crippen LogP contribution >= 0.6 is 0 Å². The zero-order valence-electron chi connectivity index (χ0n) is 11.6. The van der Waals surface area contributed by atoms with Gasteiger partial charge < -0.3 is 10.7 Å². The first-order chi connectivity index (χ1) is 10.8. The van der Waals surface area contributed by atoms with Crippen molar-refractivity contribution in [3.63, 3.8) is 0 Å². The fourth-order valence-corrected chi connectivity index (χ4v) is 2.45. The van der Waals surface area contributed by atoms with Crippen LogP contribution in [0.25, 0.3) is 33.4 Å². The van der Waals surface area contributed by atoms with Gasteiger partial charge in [0.25, 0.3) is 0 Å². The number of hydrogen-bond acceptors (Lipinski definition) is 5. The third kappa shape index (κ3) is 2.07. The molecule has 0 aliphatic heterocycles. The molecule has 0 saturated heterocycles. The van der Waals surface area contributed by atoms with Crippen molar-refractivity contribution in [1.29, 1.82) is 0 Å². The van der Waals surface area contributed by atoms with E-state index in [2.05, 4.69) is 24.9 Å². The quantitative estimate of drug-likeness (QED) is 0.591. The van der Waals surface area contributed by atoms with E-state index in [1.54, 1.807) is 24.8 Å². The molecule has 4 heterocycles. The number of aromatic amines is 1. The largest absolute Gasteiger partial charge is 0.368 e. The van der Waals surface area contributed by atoms with Crippen LogP contribution in [0.5, 0.6) is 0 Å². The van der Waals surface area contributed by atoms with Crippen LogP contribution in [0, 0.1) is 0 Å². The fraction of sp³-hybridized carbons (Fsp3) is 0. The lowest BCUT2D eigenvalue weighted by atomic mass is 10.1. The van der Waals surface area contributed by atoms with E-state index in [-0.39, 0.29) is 5.95 Å². The Morgan fingerprint density at radius 1 is 0.955 bits per heavy atom. The average Bonchev–Trinajstić information content (AvgIpc) is 2.99. The molecule has 106 valence electrons. The maximum absolute atomic E-state index is 5.88. The van der Waals surface area contributed by atoms with Crippen molar-refractivity contribution < 1.29 is 0 Å². The Bertz CT molecular complexity index is 945. The monoisotopic (exact) mass is 288 g/mol. The fourth-order valence-electron chi connectivity index (χ4n) is 2.45. The zero-order valence-corrected chi connectivity index (χ0v) is 11.6. The van der Waals surface area contributed by atoms with E-state index >= 15 is 0 Å². The molecular formula is C16H12N6. The number of nitrogens with two attached hydrogens (primary N) is 1. The Morgan fingerprint density at radius 2 is 1.82 bits per heavy atom. The van der Waals surface area contributed by atoms with Crippen LogP contribution < -0.4 is 5.73 Å². The summed E-state index contributed by atoms with van der Waals surface area (Å²) in [6.45, 7) is 0. The molecule has 0 aliphatic rings. The average molecular weight is 288 g/mol. The minimum atomic E-state index is 0.236. The molecule has 6 heteroatoms. The maximum atomic E-state index is 5.88. The molecule has 0 atom stereocenters. The number of nitrogens with one attached hydrogen (secondary N) is 1. The van der Waals surface area contributed by atoms with E-state index in [1.165, 1.54) is 0 Å². The van der Waals surface area contributed by atoms with Gasteiger partial charge >= 0.3 is 0 Å². The van der Waals surface area contributed by atoms with Crippen LogP contribution in [0.15, 0.2) is 55.2 Å². The van der Waals surface area contributed by atoms with Crippen LogP contribution in [0.2, 0.25) is 0 Å². The predicted octanol–water partition coefficient (Wildman–Crippen LogP) is 2.66. The van der Waals surface area contributed by atoms with Crippen molar-refractivity contribution in [3.05, 3.63) is 55.2 Å². The van der Waals surface area contributed by atoms with Crippen molar-refractivity contribution in [3.8, 4) is 22.5 Å². The van der Waals surface area contributed by atoms with E-state index in [0.29, 0.717) is 0 Å². The molecule has 0 bridgehead atoms. The summed E-state index contributed by atoms with van der Waals surface area (Å²) in [7, 11) is 0. The number of nitrogens with zero attached hydrogens (tertiary/aromatic N) is 4. The number of rotatable bonds is 2. The molecule has 0 unspecified atom stereocenters. The first-order valence-electron chi connectivity index (χ1n) is 6.78. The number of nitrogen functional groups attached to an aromatic ring is 1. The molecule has 6 nitrogen and oxygen atoms in total. The molecule has 4 aromatic heterocycles. The first-order valence-corrected chi connectivity index (χ1v) is 6.78. The van der Waals surface area contributed by atoms with E-state index in [4.69, 9.17) is 5.73 Å². The van der Waals surface area contributed by atoms with Gasteiger partial charge in [0.2, 0.25) is 5.95 Å². The van der Waals surface area contributed by atoms with Gasteiger partial charge in [0.1, 0.15) is 0 Å². The first kappa shape index (κ1) is 12.5. The van der Waals surface area contributed by atoms with Gasteiger partial charge in [-0.3, -0.25) is 9.97 Å². The third-order valence-electron chi connectivity index (χ3n) is 3.46. The van der Waals surface area contributed by atoms with E-state index in [1.807, 2.05) is 30.5 Å². The number of fused-ring (bicyclic) bond motifs is 1. The molecule has 3 N–H and O–H groups in total. The summed E-state index contributed by atoms with van der Waals surface area (Å²) in [6.07, 6.45) is 8.92. The topological polar surface area (TPSA) is 93.4 Å². The zero-order chi connectivity index (χ0) is 14.9. The van der Waals surface area contributed by atoms with Gasteiger partial charge in [0, 0.05) is 41.3 Å². The third-order valence-corrected chi connectivity index (χ3v) is 3.46. The molecular weight excluding hydrogens is 276 g/mol. The maximum Gasteiger partial charge on any atom is 0.221 e. The molecule has 4 rings (SSSR count). The number of aromatic nitrogens is 5. The van der Waals surface area contributed by atoms with Gasteiger partial charge in [0.05, 0.1) is 23.1 Å². The van der Waals surface area contributed by atoms with E-state index in [0.717, 1.165) is 33.4 Å². The van der Waals surface area contributed by atoms with Crippen LogP contribution in [0.1, 0.15) is 0 Å². The smallest absolute Gasteiger partial charge is 0.221 e. The van der Waals surface area contributed by atoms with Gasteiger partial charge in [0.15, 0.2) is 0 Å². The van der Waals surface area contributed by atoms with Crippen LogP contribution in [0.4, 0.5) is 5.95 Å². The van der Waals surface area contributed by atoms with Gasteiger partial charge in [-0.1, -0.05) is 0 Å². The molecule has 0 amide bonds. The second-order valence-electron chi connectivity index (χ2n) is 4.86. The SMILES string of the molecule is Nc1nc(-c2cccnc2)cc(-c2c[nH]c3cnccc23)n1. The number of pyridine rings is 2. The van der Waals surface area contributed by atoms with Crippen molar-refractivity contribution in [2.75, 3.05) is 5.73 Å². The molecule has 0 fully saturated rings. The van der Waals surface area contributed by atoms with Gasteiger partial charge in [-0.2, -0.15) is 0 Å². The van der Waals surface area contributed by atoms with Gasteiger partial charge in [-0.25, -0.2) is 9.97 Å². The molecule has 22 heavy (non-hydrogen) atoms. The Morgan fingerprint density at radius 3 is 2.68 bits per heavy atom. The second-order valence-corrected chi connectivity index (χ2v) is 4.86. The molecule has 0 saturated carbocycles. The Balaban J connectivity index is 1.91.